The molecule has 0 spiro atoms. The molecule has 5 heteroatoms. The number of rotatable bonds is 7. The largest absolute Gasteiger partial charge is 0.492 e. The number of benzene rings is 1. The molecule has 4 nitrogen and oxygen atoms in total. The highest BCUT2D eigenvalue weighted by Crippen LogP contribution is 2.28. The van der Waals surface area contributed by atoms with Crippen molar-refractivity contribution < 1.29 is 4.74 Å². The van der Waals surface area contributed by atoms with E-state index in [1.54, 1.807) is 0 Å². The Morgan fingerprint density at radius 3 is 2.70 bits per heavy atom. The van der Waals surface area contributed by atoms with E-state index < -0.39 is 0 Å². The predicted octanol–water partition coefficient (Wildman–Crippen LogP) is 2.79. The number of hydrogen-bond donors (Lipinski definition) is 2. The average molecular weight is 340 g/mol. The summed E-state index contributed by atoms with van der Waals surface area (Å²) >= 11 is 3.41. The van der Waals surface area contributed by atoms with E-state index in [2.05, 4.69) is 38.5 Å². The number of ether oxygens (including phenoxy) is 1. The third kappa shape index (κ3) is 5.82. The first kappa shape index (κ1) is 15.2. The van der Waals surface area contributed by atoms with Crippen LogP contribution in [0.1, 0.15) is 19.8 Å². The van der Waals surface area contributed by atoms with Gasteiger partial charge in [-0.25, -0.2) is 0 Å². The lowest BCUT2D eigenvalue weighted by Gasteiger charge is -2.12. The maximum absolute atomic E-state index is 5.66. The first-order valence-electron chi connectivity index (χ1n) is 7.18. The normalized spacial score (nSPS) is 15.0. The lowest BCUT2D eigenvalue weighted by molar-refractivity contribution is 0.322. The minimum absolute atomic E-state index is 0.621. The summed E-state index contributed by atoms with van der Waals surface area (Å²) in [7, 11) is 0. The fourth-order valence-corrected chi connectivity index (χ4v) is 2.00. The van der Waals surface area contributed by atoms with Crippen molar-refractivity contribution in [3.63, 3.8) is 0 Å². The van der Waals surface area contributed by atoms with E-state index in [1.165, 1.54) is 12.8 Å². The summed E-state index contributed by atoms with van der Waals surface area (Å²) in [5.41, 5.74) is 0. The first-order chi connectivity index (χ1) is 9.78. The Bertz CT molecular complexity index is 429. The highest BCUT2D eigenvalue weighted by molar-refractivity contribution is 9.10. The molecule has 1 saturated carbocycles. The number of aliphatic imine (C=N–C) groups is 1. The van der Waals surface area contributed by atoms with Crippen LogP contribution >= 0.6 is 15.9 Å². The molecule has 2 N–H and O–H groups in total. The summed E-state index contributed by atoms with van der Waals surface area (Å²) in [6.07, 6.45) is 2.66. The Morgan fingerprint density at radius 1 is 1.30 bits per heavy atom. The summed E-state index contributed by atoms with van der Waals surface area (Å²) in [6, 6.07) is 7.86. The molecule has 1 aliphatic rings. The maximum atomic E-state index is 5.66. The van der Waals surface area contributed by atoms with E-state index in [1.807, 2.05) is 24.3 Å². The van der Waals surface area contributed by atoms with Crippen LogP contribution in [0.2, 0.25) is 0 Å². The second-order valence-corrected chi connectivity index (χ2v) is 5.81. The van der Waals surface area contributed by atoms with E-state index in [0.29, 0.717) is 6.61 Å². The van der Waals surface area contributed by atoms with Crippen LogP contribution in [0.3, 0.4) is 0 Å². The molecule has 1 aromatic carbocycles. The number of guanidine groups is 1. The Balaban J connectivity index is 1.66. The van der Waals surface area contributed by atoms with Crippen molar-refractivity contribution in [2.75, 3.05) is 26.2 Å². The van der Waals surface area contributed by atoms with Gasteiger partial charge in [-0.15, -0.1) is 0 Å². The van der Waals surface area contributed by atoms with Gasteiger partial charge >= 0.3 is 0 Å². The van der Waals surface area contributed by atoms with Crippen molar-refractivity contribution in [3.8, 4) is 5.75 Å². The molecule has 110 valence electrons. The van der Waals surface area contributed by atoms with E-state index >= 15 is 0 Å². The standard InChI is InChI=1S/C15H22BrN3O/c1-2-17-15(19-11-12-3-4-12)18-9-10-20-14-7-5-13(16)6-8-14/h5-8,12H,2-4,9-11H2,1H3,(H2,17,18,19). The van der Waals surface area contributed by atoms with Crippen LogP contribution in [0.4, 0.5) is 0 Å². The third-order valence-corrected chi connectivity index (χ3v) is 3.55. The molecule has 20 heavy (non-hydrogen) atoms. The Morgan fingerprint density at radius 2 is 2.05 bits per heavy atom. The summed E-state index contributed by atoms with van der Waals surface area (Å²) in [6.45, 7) is 5.25. The van der Waals surface area contributed by atoms with Crippen molar-refractivity contribution in [1.29, 1.82) is 0 Å². The summed E-state index contributed by atoms with van der Waals surface area (Å²) in [5, 5.41) is 6.54. The van der Waals surface area contributed by atoms with Crippen molar-refractivity contribution in [3.05, 3.63) is 28.7 Å². The molecule has 0 unspecified atom stereocenters. The summed E-state index contributed by atoms with van der Waals surface area (Å²) in [4.78, 5) is 4.56. The minimum atomic E-state index is 0.621. The van der Waals surface area contributed by atoms with Crippen molar-refractivity contribution >= 4 is 21.9 Å². The fraction of sp³-hybridized carbons (Fsp3) is 0.533. The molecule has 1 aromatic rings. The number of nitrogens with one attached hydrogen (secondary N) is 2. The molecular weight excluding hydrogens is 318 g/mol. The lowest BCUT2D eigenvalue weighted by atomic mass is 10.3. The van der Waals surface area contributed by atoms with Gasteiger partial charge in [-0.2, -0.15) is 0 Å². The van der Waals surface area contributed by atoms with E-state index in [9.17, 15) is 0 Å². The molecule has 0 atom stereocenters. The quantitative estimate of drug-likeness (QED) is 0.456. The van der Waals surface area contributed by atoms with Gasteiger partial charge in [-0.05, 0) is 49.9 Å². The molecule has 0 aromatic heterocycles. The molecule has 0 bridgehead atoms. The molecule has 0 amide bonds. The fourth-order valence-electron chi connectivity index (χ4n) is 1.73. The summed E-state index contributed by atoms with van der Waals surface area (Å²) in [5.74, 6) is 2.58. The van der Waals surface area contributed by atoms with Crippen LogP contribution in [0, 0.1) is 5.92 Å². The van der Waals surface area contributed by atoms with Gasteiger partial charge in [0.1, 0.15) is 12.4 Å². The molecule has 0 heterocycles. The van der Waals surface area contributed by atoms with Gasteiger partial charge in [-0.3, -0.25) is 4.99 Å². The zero-order chi connectivity index (χ0) is 14.2. The number of nitrogens with zero attached hydrogens (tertiary/aromatic N) is 1. The van der Waals surface area contributed by atoms with Gasteiger partial charge in [0.15, 0.2) is 5.96 Å². The van der Waals surface area contributed by atoms with Crippen molar-refractivity contribution in [2.45, 2.75) is 19.8 Å². The van der Waals surface area contributed by atoms with Crippen LogP contribution in [0.5, 0.6) is 5.75 Å². The topological polar surface area (TPSA) is 45.7 Å². The Hall–Kier alpha value is -1.23. The van der Waals surface area contributed by atoms with E-state index in [4.69, 9.17) is 4.74 Å². The molecule has 1 aliphatic carbocycles. The Kier molecular flexibility index (Phi) is 6.18. The van der Waals surface area contributed by atoms with Gasteiger partial charge in [-0.1, -0.05) is 15.9 Å². The van der Waals surface area contributed by atoms with E-state index in [-0.39, 0.29) is 0 Å². The molecule has 0 saturated heterocycles. The van der Waals surface area contributed by atoms with Gasteiger partial charge in [0.05, 0.1) is 6.54 Å². The zero-order valence-corrected chi connectivity index (χ0v) is 13.4. The van der Waals surface area contributed by atoms with Crippen molar-refractivity contribution in [2.24, 2.45) is 10.9 Å². The third-order valence-electron chi connectivity index (χ3n) is 3.03. The SMILES string of the molecule is CCNC(=NCC1CC1)NCCOc1ccc(Br)cc1. The second kappa shape index (κ2) is 8.15. The van der Waals surface area contributed by atoms with Gasteiger partial charge in [0.2, 0.25) is 0 Å². The monoisotopic (exact) mass is 339 g/mol. The molecule has 0 radical (unpaired) electrons. The highest BCUT2D eigenvalue weighted by Gasteiger charge is 2.20. The van der Waals surface area contributed by atoms with Crippen LogP contribution < -0.4 is 15.4 Å². The predicted molar refractivity (Wildman–Crippen MR) is 86.3 cm³/mol. The van der Waals surface area contributed by atoms with Crippen molar-refractivity contribution in [1.82, 2.24) is 10.6 Å². The van der Waals surface area contributed by atoms with Crippen LogP contribution in [0.15, 0.2) is 33.7 Å². The van der Waals surface area contributed by atoms with Crippen LogP contribution in [-0.4, -0.2) is 32.2 Å². The maximum Gasteiger partial charge on any atom is 0.191 e. The van der Waals surface area contributed by atoms with Gasteiger partial charge in [0, 0.05) is 17.6 Å². The second-order valence-electron chi connectivity index (χ2n) is 4.89. The minimum Gasteiger partial charge on any atom is -0.492 e. The van der Waals surface area contributed by atoms with Gasteiger partial charge < -0.3 is 15.4 Å². The smallest absolute Gasteiger partial charge is 0.191 e. The highest BCUT2D eigenvalue weighted by atomic mass is 79.9. The van der Waals surface area contributed by atoms with E-state index in [0.717, 1.165) is 41.7 Å². The van der Waals surface area contributed by atoms with Gasteiger partial charge in [0.25, 0.3) is 0 Å². The zero-order valence-electron chi connectivity index (χ0n) is 11.9. The summed E-state index contributed by atoms with van der Waals surface area (Å²) < 4.78 is 6.72. The van der Waals surface area contributed by atoms with Crippen LogP contribution in [0.25, 0.3) is 0 Å². The number of halogens is 1. The molecule has 2 rings (SSSR count). The van der Waals surface area contributed by atoms with Crippen LogP contribution in [-0.2, 0) is 0 Å². The first-order valence-corrected chi connectivity index (χ1v) is 7.97. The average Bonchev–Trinajstić information content (AvgIpc) is 3.27. The molecular formula is C15H22BrN3O. The molecule has 0 aliphatic heterocycles. The Labute approximate surface area is 129 Å². The number of hydrogen-bond acceptors (Lipinski definition) is 2. The molecule has 1 fully saturated rings. The lowest BCUT2D eigenvalue weighted by Crippen LogP contribution is -2.39.